The van der Waals surface area contributed by atoms with Crippen LogP contribution in [-0.4, -0.2) is 44.8 Å². The Morgan fingerprint density at radius 2 is 2.00 bits per heavy atom. The minimum absolute atomic E-state index is 0.318. The first-order chi connectivity index (χ1) is 10.2. The van der Waals surface area contributed by atoms with Crippen molar-refractivity contribution < 1.29 is 0 Å². The van der Waals surface area contributed by atoms with Gasteiger partial charge in [-0.1, -0.05) is 0 Å². The largest absolute Gasteiger partial charge is 0.306 e. The Labute approximate surface area is 126 Å². The van der Waals surface area contributed by atoms with Gasteiger partial charge in [0, 0.05) is 37.1 Å². The van der Waals surface area contributed by atoms with Gasteiger partial charge in [-0.05, 0) is 46.3 Å². The molecule has 21 heavy (non-hydrogen) atoms. The standard InChI is InChI=1S/C16H23N5/c1-12(2)21-14(6-7-19-21)16-15(17-8-9-18-16)13-5-4-10-20(3)11-13/h6-9,12-13H,4-5,10-11H2,1-3H3/t13-/m0/s1. The molecule has 3 heterocycles. The van der Waals surface area contributed by atoms with Gasteiger partial charge >= 0.3 is 0 Å². The van der Waals surface area contributed by atoms with Gasteiger partial charge in [0.2, 0.25) is 0 Å². The third-order valence-electron chi connectivity index (χ3n) is 4.14. The first-order valence-corrected chi connectivity index (χ1v) is 7.70. The van der Waals surface area contributed by atoms with Crippen molar-refractivity contribution in [3.63, 3.8) is 0 Å². The van der Waals surface area contributed by atoms with Crippen LogP contribution in [0.4, 0.5) is 0 Å². The van der Waals surface area contributed by atoms with E-state index < -0.39 is 0 Å². The van der Waals surface area contributed by atoms with Gasteiger partial charge in [0.25, 0.3) is 0 Å². The molecule has 3 rings (SSSR count). The summed E-state index contributed by atoms with van der Waals surface area (Å²) in [5.41, 5.74) is 3.18. The van der Waals surface area contributed by atoms with Crippen molar-refractivity contribution in [2.24, 2.45) is 0 Å². The highest BCUT2D eigenvalue weighted by Crippen LogP contribution is 2.31. The number of likely N-dealkylation sites (N-methyl/N-ethyl adjacent to an activating group) is 1. The van der Waals surface area contributed by atoms with E-state index in [0.29, 0.717) is 12.0 Å². The molecule has 2 aromatic rings. The predicted octanol–water partition coefficient (Wildman–Crippen LogP) is 2.73. The molecule has 0 saturated carbocycles. The van der Waals surface area contributed by atoms with Crippen LogP contribution in [0.1, 0.15) is 44.3 Å². The molecule has 0 N–H and O–H groups in total. The summed E-state index contributed by atoms with van der Waals surface area (Å²) in [5, 5.41) is 4.43. The summed E-state index contributed by atoms with van der Waals surface area (Å²) in [5.74, 6) is 0.461. The Balaban J connectivity index is 2.01. The maximum absolute atomic E-state index is 4.66. The predicted molar refractivity (Wildman–Crippen MR) is 83.1 cm³/mol. The SMILES string of the molecule is CC(C)n1nccc1-c1nccnc1[C@H]1CCCN(C)C1. The fourth-order valence-corrected chi connectivity index (χ4v) is 3.15. The third kappa shape index (κ3) is 2.83. The summed E-state index contributed by atoms with van der Waals surface area (Å²) in [7, 11) is 2.18. The lowest BCUT2D eigenvalue weighted by atomic mass is 9.93. The van der Waals surface area contributed by atoms with Crippen molar-refractivity contribution in [1.82, 2.24) is 24.6 Å². The molecule has 0 bridgehead atoms. The van der Waals surface area contributed by atoms with Crippen LogP contribution in [0.15, 0.2) is 24.7 Å². The van der Waals surface area contributed by atoms with Crippen LogP contribution in [0.25, 0.3) is 11.4 Å². The first-order valence-electron chi connectivity index (χ1n) is 7.70. The summed E-state index contributed by atoms with van der Waals surface area (Å²) in [6, 6.07) is 2.36. The van der Waals surface area contributed by atoms with Gasteiger partial charge in [-0.3, -0.25) is 14.6 Å². The summed E-state index contributed by atoms with van der Waals surface area (Å²) in [4.78, 5) is 11.7. The molecule has 1 aliphatic heterocycles. The molecule has 1 atom stereocenters. The van der Waals surface area contributed by atoms with Crippen LogP contribution < -0.4 is 0 Å². The van der Waals surface area contributed by atoms with Crippen molar-refractivity contribution in [2.75, 3.05) is 20.1 Å². The highest BCUT2D eigenvalue weighted by molar-refractivity contribution is 5.58. The van der Waals surface area contributed by atoms with E-state index in [1.54, 1.807) is 6.20 Å². The summed E-state index contributed by atoms with van der Waals surface area (Å²) >= 11 is 0. The fourth-order valence-electron chi connectivity index (χ4n) is 3.15. The Morgan fingerprint density at radius 3 is 2.76 bits per heavy atom. The van der Waals surface area contributed by atoms with E-state index in [2.05, 4.69) is 40.9 Å². The smallest absolute Gasteiger partial charge is 0.110 e. The van der Waals surface area contributed by atoms with E-state index in [-0.39, 0.29) is 0 Å². The number of hydrogen-bond acceptors (Lipinski definition) is 4. The lowest BCUT2D eigenvalue weighted by molar-refractivity contribution is 0.248. The molecule has 0 unspecified atom stereocenters. The van der Waals surface area contributed by atoms with Crippen LogP contribution in [0, 0.1) is 0 Å². The van der Waals surface area contributed by atoms with Crippen molar-refractivity contribution in [3.05, 3.63) is 30.4 Å². The van der Waals surface area contributed by atoms with Gasteiger partial charge in [0.15, 0.2) is 0 Å². The maximum atomic E-state index is 4.66. The fraction of sp³-hybridized carbons (Fsp3) is 0.562. The number of piperidine rings is 1. The topological polar surface area (TPSA) is 46.8 Å². The monoisotopic (exact) mass is 285 g/mol. The zero-order valence-corrected chi connectivity index (χ0v) is 13.0. The molecule has 1 fully saturated rings. The lowest BCUT2D eigenvalue weighted by Crippen LogP contribution is -2.31. The molecule has 1 saturated heterocycles. The molecule has 0 aliphatic carbocycles. The second-order valence-electron chi connectivity index (χ2n) is 6.15. The van der Waals surface area contributed by atoms with Gasteiger partial charge in [0.1, 0.15) is 5.69 Å². The van der Waals surface area contributed by atoms with Gasteiger partial charge in [-0.25, -0.2) is 0 Å². The highest BCUT2D eigenvalue weighted by atomic mass is 15.3. The second kappa shape index (κ2) is 5.93. The van der Waals surface area contributed by atoms with Crippen molar-refractivity contribution in [3.8, 4) is 11.4 Å². The summed E-state index contributed by atoms with van der Waals surface area (Å²) < 4.78 is 2.03. The quantitative estimate of drug-likeness (QED) is 0.870. The lowest BCUT2D eigenvalue weighted by Gasteiger charge is -2.30. The molecule has 5 heteroatoms. The molecule has 0 amide bonds. The number of aromatic nitrogens is 4. The first kappa shape index (κ1) is 14.2. The average Bonchev–Trinajstić information content (AvgIpc) is 2.97. The molecule has 5 nitrogen and oxygen atoms in total. The third-order valence-corrected chi connectivity index (χ3v) is 4.14. The Morgan fingerprint density at radius 1 is 1.19 bits per heavy atom. The van der Waals surface area contributed by atoms with Crippen LogP contribution in [0.3, 0.4) is 0 Å². The van der Waals surface area contributed by atoms with Crippen LogP contribution in [0.5, 0.6) is 0 Å². The molecular formula is C16H23N5. The minimum Gasteiger partial charge on any atom is -0.306 e. The number of nitrogens with zero attached hydrogens (tertiary/aromatic N) is 5. The summed E-state index contributed by atoms with van der Waals surface area (Å²) in [6.07, 6.45) is 7.85. The summed E-state index contributed by atoms with van der Waals surface area (Å²) in [6.45, 7) is 6.51. The van der Waals surface area contributed by atoms with E-state index >= 15 is 0 Å². The normalized spacial score (nSPS) is 20.1. The molecule has 112 valence electrons. The number of rotatable bonds is 3. The minimum atomic E-state index is 0.318. The maximum Gasteiger partial charge on any atom is 0.110 e. The van der Waals surface area contributed by atoms with Crippen molar-refractivity contribution in [1.29, 1.82) is 0 Å². The van der Waals surface area contributed by atoms with E-state index in [1.807, 2.05) is 23.1 Å². The zero-order valence-electron chi connectivity index (χ0n) is 13.0. The van der Waals surface area contributed by atoms with Crippen LogP contribution in [0.2, 0.25) is 0 Å². The molecule has 0 radical (unpaired) electrons. The van der Waals surface area contributed by atoms with E-state index in [4.69, 9.17) is 0 Å². The zero-order chi connectivity index (χ0) is 14.8. The van der Waals surface area contributed by atoms with Gasteiger partial charge in [0.05, 0.1) is 11.4 Å². The Bertz CT molecular complexity index is 604. The Kier molecular flexibility index (Phi) is 4.01. The van der Waals surface area contributed by atoms with Gasteiger partial charge in [-0.15, -0.1) is 0 Å². The molecular weight excluding hydrogens is 262 g/mol. The Hall–Kier alpha value is -1.75. The van der Waals surface area contributed by atoms with E-state index in [0.717, 1.165) is 23.6 Å². The molecule has 2 aromatic heterocycles. The van der Waals surface area contributed by atoms with Crippen molar-refractivity contribution >= 4 is 0 Å². The molecule has 0 spiro atoms. The van der Waals surface area contributed by atoms with Gasteiger partial charge < -0.3 is 4.90 Å². The van der Waals surface area contributed by atoms with Crippen LogP contribution >= 0.6 is 0 Å². The van der Waals surface area contributed by atoms with Gasteiger partial charge in [-0.2, -0.15) is 5.10 Å². The van der Waals surface area contributed by atoms with E-state index in [1.165, 1.54) is 19.4 Å². The molecule has 1 aliphatic rings. The second-order valence-corrected chi connectivity index (χ2v) is 6.15. The highest BCUT2D eigenvalue weighted by Gasteiger charge is 2.25. The van der Waals surface area contributed by atoms with E-state index in [9.17, 15) is 0 Å². The number of hydrogen-bond donors (Lipinski definition) is 0. The van der Waals surface area contributed by atoms with Crippen molar-refractivity contribution in [2.45, 2.75) is 38.6 Å². The average molecular weight is 285 g/mol. The molecule has 0 aromatic carbocycles. The van der Waals surface area contributed by atoms with Crippen LogP contribution in [-0.2, 0) is 0 Å². The number of likely N-dealkylation sites (tertiary alicyclic amines) is 1.